The lowest BCUT2D eigenvalue weighted by atomic mass is 9.80. The highest BCUT2D eigenvalue weighted by Gasteiger charge is 2.34. The Balaban J connectivity index is 2.98. The van der Waals surface area contributed by atoms with Crippen LogP contribution in [0.25, 0.3) is 0 Å². The summed E-state index contributed by atoms with van der Waals surface area (Å²) in [5, 5.41) is 9.41. The lowest BCUT2D eigenvalue weighted by Crippen LogP contribution is -2.27. The van der Waals surface area contributed by atoms with E-state index in [1.807, 2.05) is 6.07 Å². The van der Waals surface area contributed by atoms with Crippen LogP contribution in [0, 0.1) is 17.1 Å². The fourth-order valence-electron chi connectivity index (χ4n) is 2.07. The van der Waals surface area contributed by atoms with E-state index in [1.165, 1.54) is 26.2 Å². The van der Waals surface area contributed by atoms with Crippen molar-refractivity contribution >= 4 is 5.97 Å². The van der Waals surface area contributed by atoms with Gasteiger partial charge in [0.15, 0.2) is 0 Å². The van der Waals surface area contributed by atoms with Crippen LogP contribution in [-0.2, 0) is 14.9 Å². The van der Waals surface area contributed by atoms with Crippen molar-refractivity contribution < 1.29 is 23.0 Å². The summed E-state index contributed by atoms with van der Waals surface area (Å²) in [6.45, 7) is 3.26. The van der Waals surface area contributed by atoms with E-state index in [4.69, 9.17) is 4.74 Å². The first-order chi connectivity index (χ1) is 10.4. The Labute approximate surface area is 128 Å². The van der Waals surface area contributed by atoms with Gasteiger partial charge in [0.1, 0.15) is 11.6 Å². The van der Waals surface area contributed by atoms with E-state index >= 15 is 0 Å². The average molecular weight is 311 g/mol. The number of ether oxygens (including phenoxy) is 2. The second kappa shape index (κ2) is 7.74. The third kappa shape index (κ3) is 4.42. The first-order valence-electron chi connectivity index (χ1n) is 6.95. The third-order valence-corrected chi connectivity index (χ3v) is 3.28. The predicted octanol–water partition coefficient (Wildman–Crippen LogP) is 3.64. The van der Waals surface area contributed by atoms with Gasteiger partial charge in [-0.3, -0.25) is 4.79 Å². The van der Waals surface area contributed by atoms with Crippen LogP contribution in [0.2, 0.25) is 0 Å². The normalized spacial score (nSPS) is 14.5. The molecule has 0 aliphatic rings. The molecule has 1 aromatic rings. The fourth-order valence-corrected chi connectivity index (χ4v) is 2.07. The monoisotopic (exact) mass is 311 g/mol. The number of nitrogens with zero attached hydrogens (tertiary/aromatic N) is 1. The van der Waals surface area contributed by atoms with Crippen LogP contribution in [0.15, 0.2) is 18.2 Å². The number of alkyl halides is 1. The van der Waals surface area contributed by atoms with Gasteiger partial charge in [-0.15, -0.1) is 0 Å². The molecular weight excluding hydrogens is 292 g/mol. The molecule has 22 heavy (non-hydrogen) atoms. The number of hydrogen-bond acceptors (Lipinski definition) is 4. The topological polar surface area (TPSA) is 59.3 Å². The Morgan fingerprint density at radius 2 is 2.18 bits per heavy atom. The Hall–Kier alpha value is -2.16. The molecule has 0 fully saturated rings. The molecule has 120 valence electrons. The van der Waals surface area contributed by atoms with Gasteiger partial charge in [-0.2, -0.15) is 5.26 Å². The van der Waals surface area contributed by atoms with E-state index in [1.54, 1.807) is 6.92 Å². The summed E-state index contributed by atoms with van der Waals surface area (Å²) in [5.74, 6) is -1.19. The predicted molar refractivity (Wildman–Crippen MR) is 76.4 cm³/mol. The minimum Gasteiger partial charge on any atom is -0.496 e. The van der Waals surface area contributed by atoms with Crippen LogP contribution in [0.3, 0.4) is 0 Å². The molecule has 2 unspecified atom stereocenters. The van der Waals surface area contributed by atoms with E-state index in [0.717, 1.165) is 6.07 Å². The molecule has 0 amide bonds. The second-order valence-electron chi connectivity index (χ2n) is 5.15. The maximum atomic E-state index is 13.3. The summed E-state index contributed by atoms with van der Waals surface area (Å²) < 4.78 is 36.3. The van der Waals surface area contributed by atoms with Crippen LogP contribution in [0.5, 0.6) is 5.75 Å². The molecule has 0 aliphatic heterocycles. The smallest absolute Gasteiger partial charge is 0.310 e. The molecule has 0 radical (unpaired) electrons. The highest BCUT2D eigenvalue weighted by Crippen LogP contribution is 2.35. The van der Waals surface area contributed by atoms with E-state index in [0.29, 0.717) is 12.0 Å². The van der Waals surface area contributed by atoms with Crippen molar-refractivity contribution in [1.29, 1.82) is 5.26 Å². The van der Waals surface area contributed by atoms with Crippen molar-refractivity contribution in [2.45, 2.75) is 44.9 Å². The second-order valence-corrected chi connectivity index (χ2v) is 5.15. The van der Waals surface area contributed by atoms with Gasteiger partial charge in [0.05, 0.1) is 25.0 Å². The Morgan fingerprint density at radius 3 is 2.73 bits per heavy atom. The van der Waals surface area contributed by atoms with Crippen molar-refractivity contribution in [3.8, 4) is 11.8 Å². The molecule has 0 saturated heterocycles. The zero-order valence-corrected chi connectivity index (χ0v) is 12.9. The van der Waals surface area contributed by atoms with E-state index < -0.39 is 23.6 Å². The van der Waals surface area contributed by atoms with Crippen LogP contribution in [0.4, 0.5) is 8.78 Å². The highest BCUT2D eigenvalue weighted by atomic mass is 19.1. The summed E-state index contributed by atoms with van der Waals surface area (Å²) in [6.07, 6.45) is -1.39. The Morgan fingerprint density at radius 1 is 1.50 bits per heavy atom. The molecule has 2 atom stereocenters. The Kier molecular flexibility index (Phi) is 6.29. The van der Waals surface area contributed by atoms with Crippen LogP contribution in [0.1, 0.15) is 38.7 Å². The number of rotatable bonds is 7. The van der Waals surface area contributed by atoms with Gasteiger partial charge in [0.25, 0.3) is 0 Å². The van der Waals surface area contributed by atoms with Gasteiger partial charge in [0.2, 0.25) is 6.36 Å². The van der Waals surface area contributed by atoms with Gasteiger partial charge in [-0.1, -0.05) is 13.0 Å². The number of hydrogen-bond donors (Lipinski definition) is 0. The van der Waals surface area contributed by atoms with Crippen LogP contribution in [-0.4, -0.2) is 19.4 Å². The van der Waals surface area contributed by atoms with Crippen molar-refractivity contribution in [1.82, 2.24) is 0 Å². The third-order valence-electron chi connectivity index (χ3n) is 3.28. The van der Waals surface area contributed by atoms with Gasteiger partial charge in [-0.25, -0.2) is 8.78 Å². The fraction of sp³-hybridized carbons (Fsp3) is 0.500. The molecule has 4 nitrogen and oxygen atoms in total. The van der Waals surface area contributed by atoms with E-state index in [2.05, 4.69) is 4.74 Å². The van der Waals surface area contributed by atoms with Crippen molar-refractivity contribution in [3.05, 3.63) is 29.6 Å². The first-order valence-corrected chi connectivity index (χ1v) is 6.95. The lowest BCUT2D eigenvalue weighted by molar-refractivity contribution is -0.159. The number of benzene rings is 1. The number of halogens is 2. The summed E-state index contributed by atoms with van der Waals surface area (Å²) in [6, 6.07) is 5.68. The summed E-state index contributed by atoms with van der Waals surface area (Å²) in [4.78, 5) is 11.8. The maximum absolute atomic E-state index is 13.3. The Bertz CT molecular complexity index is 571. The molecule has 0 N–H and O–H groups in total. The molecule has 0 saturated carbocycles. The van der Waals surface area contributed by atoms with E-state index in [9.17, 15) is 18.8 Å². The first kappa shape index (κ1) is 17.9. The van der Waals surface area contributed by atoms with E-state index in [-0.39, 0.29) is 18.6 Å². The maximum Gasteiger partial charge on any atom is 0.310 e. The standard InChI is InChI=1S/C16H19F2NO3/c1-4-5-14(18)22-15(20)9-16(2,10-19)12-7-6-11(17)8-13(12)21-3/h6-8,14H,4-5,9H2,1-3H3. The van der Waals surface area contributed by atoms with Crippen molar-refractivity contribution in [2.24, 2.45) is 0 Å². The zero-order valence-electron chi connectivity index (χ0n) is 12.9. The molecule has 0 heterocycles. The van der Waals surface area contributed by atoms with Gasteiger partial charge in [0, 0.05) is 18.1 Å². The molecule has 6 heteroatoms. The molecule has 0 spiro atoms. The van der Waals surface area contributed by atoms with Crippen molar-refractivity contribution in [3.63, 3.8) is 0 Å². The van der Waals surface area contributed by atoms with Gasteiger partial charge < -0.3 is 9.47 Å². The van der Waals surface area contributed by atoms with Gasteiger partial charge >= 0.3 is 5.97 Å². The molecular formula is C16H19F2NO3. The quantitative estimate of drug-likeness (QED) is 0.721. The largest absolute Gasteiger partial charge is 0.496 e. The summed E-state index contributed by atoms with van der Waals surface area (Å²) >= 11 is 0. The van der Waals surface area contributed by atoms with Crippen molar-refractivity contribution in [2.75, 3.05) is 7.11 Å². The number of esters is 1. The lowest BCUT2D eigenvalue weighted by Gasteiger charge is -2.23. The average Bonchev–Trinajstić information content (AvgIpc) is 2.46. The highest BCUT2D eigenvalue weighted by molar-refractivity contribution is 5.73. The minimum absolute atomic E-state index is 0.106. The molecule has 1 aromatic carbocycles. The number of carbonyl (C=O) groups excluding carboxylic acids is 1. The minimum atomic E-state index is -1.68. The number of nitriles is 1. The van der Waals surface area contributed by atoms with Crippen LogP contribution < -0.4 is 4.74 Å². The van der Waals surface area contributed by atoms with Gasteiger partial charge in [-0.05, 0) is 19.4 Å². The summed E-state index contributed by atoms with van der Waals surface area (Å²) in [5.41, 5.74) is -0.955. The van der Waals surface area contributed by atoms with Crippen LogP contribution >= 0.6 is 0 Å². The summed E-state index contributed by atoms with van der Waals surface area (Å²) in [7, 11) is 1.34. The molecule has 0 aliphatic carbocycles. The molecule has 0 aromatic heterocycles. The number of carbonyl (C=O) groups is 1. The SMILES string of the molecule is CCCC(F)OC(=O)CC(C)(C#N)c1ccc(F)cc1OC. The molecule has 0 bridgehead atoms. The number of methoxy groups -OCH3 is 1. The zero-order chi connectivity index (χ0) is 16.8. The molecule has 1 rings (SSSR count).